The minimum atomic E-state index is -3.73. The molecule has 0 aromatic rings. The fraction of sp³-hybridized carbons (Fsp3) is 0.500. The number of sulfonamides is 1. The van der Waals surface area contributed by atoms with Crippen molar-refractivity contribution < 1.29 is 13.5 Å². The van der Waals surface area contributed by atoms with E-state index in [4.69, 9.17) is 10.9 Å². The SMILES string of the molecule is CCC1(O)C=CC(S(N)(=O)=O)=CC1N. The van der Waals surface area contributed by atoms with Gasteiger partial charge < -0.3 is 10.8 Å². The number of hydrogen-bond donors (Lipinski definition) is 3. The number of primary sulfonamides is 1. The zero-order valence-corrected chi connectivity index (χ0v) is 8.66. The van der Waals surface area contributed by atoms with E-state index in [1.165, 1.54) is 18.2 Å². The maximum Gasteiger partial charge on any atom is 0.237 e. The summed E-state index contributed by atoms with van der Waals surface area (Å²) < 4.78 is 21.9. The number of nitrogens with two attached hydrogens (primary N) is 2. The Morgan fingerprint density at radius 2 is 2.21 bits per heavy atom. The van der Waals surface area contributed by atoms with Crippen LogP contribution in [0.1, 0.15) is 13.3 Å². The average molecular weight is 218 g/mol. The summed E-state index contributed by atoms with van der Waals surface area (Å²) in [5.41, 5.74) is 4.44. The molecule has 0 saturated carbocycles. The zero-order valence-electron chi connectivity index (χ0n) is 7.84. The third-order valence-corrected chi connectivity index (χ3v) is 3.28. The standard InChI is InChI=1S/C8H14N2O3S/c1-2-8(11)4-3-6(5-7(8)9)14(10,12)13/h3-5,7,11H,2,9H2,1H3,(H2,10,12,13). The summed E-state index contributed by atoms with van der Waals surface area (Å²) in [5, 5.41) is 14.8. The summed E-state index contributed by atoms with van der Waals surface area (Å²) in [6.45, 7) is 1.76. The molecule has 0 aliphatic heterocycles. The van der Waals surface area contributed by atoms with Crippen LogP contribution in [-0.2, 0) is 10.0 Å². The van der Waals surface area contributed by atoms with Crippen LogP contribution in [-0.4, -0.2) is 25.2 Å². The first-order chi connectivity index (χ1) is 6.29. The summed E-state index contributed by atoms with van der Waals surface area (Å²) in [6.07, 6.45) is 4.33. The van der Waals surface area contributed by atoms with Gasteiger partial charge in [0.2, 0.25) is 10.0 Å². The van der Waals surface area contributed by atoms with Gasteiger partial charge in [0.05, 0.1) is 10.9 Å². The van der Waals surface area contributed by atoms with Gasteiger partial charge in [-0.3, -0.25) is 0 Å². The van der Waals surface area contributed by atoms with E-state index in [0.717, 1.165) is 0 Å². The van der Waals surface area contributed by atoms with Crippen LogP contribution in [0, 0.1) is 0 Å². The molecule has 0 bridgehead atoms. The summed E-state index contributed by atoms with van der Waals surface area (Å²) in [7, 11) is -3.73. The summed E-state index contributed by atoms with van der Waals surface area (Å²) in [4.78, 5) is -0.0527. The smallest absolute Gasteiger partial charge is 0.237 e. The van der Waals surface area contributed by atoms with Crippen molar-refractivity contribution in [1.82, 2.24) is 0 Å². The molecule has 1 aliphatic rings. The topological polar surface area (TPSA) is 106 Å². The molecule has 1 rings (SSSR count). The van der Waals surface area contributed by atoms with Gasteiger partial charge in [-0.1, -0.05) is 6.92 Å². The van der Waals surface area contributed by atoms with Gasteiger partial charge in [0.1, 0.15) is 5.60 Å². The van der Waals surface area contributed by atoms with Gasteiger partial charge in [-0.2, -0.15) is 0 Å². The van der Waals surface area contributed by atoms with Crippen LogP contribution < -0.4 is 10.9 Å². The molecule has 0 radical (unpaired) electrons. The fourth-order valence-electron chi connectivity index (χ4n) is 1.26. The molecule has 0 spiro atoms. The van der Waals surface area contributed by atoms with Gasteiger partial charge in [0.25, 0.3) is 0 Å². The number of rotatable bonds is 2. The minimum Gasteiger partial charge on any atom is -0.384 e. The predicted octanol–water partition coefficient (Wildman–Crippen LogP) is -0.803. The maximum absolute atomic E-state index is 11.0. The van der Waals surface area contributed by atoms with Crippen LogP contribution in [0.4, 0.5) is 0 Å². The van der Waals surface area contributed by atoms with Crippen LogP contribution in [0.2, 0.25) is 0 Å². The van der Waals surface area contributed by atoms with E-state index in [9.17, 15) is 13.5 Å². The molecular weight excluding hydrogens is 204 g/mol. The lowest BCUT2D eigenvalue weighted by Crippen LogP contribution is -2.46. The first-order valence-corrected chi connectivity index (χ1v) is 5.76. The van der Waals surface area contributed by atoms with E-state index < -0.39 is 21.7 Å². The molecule has 5 nitrogen and oxygen atoms in total. The van der Waals surface area contributed by atoms with Crippen LogP contribution in [0.15, 0.2) is 23.1 Å². The molecule has 5 N–H and O–H groups in total. The third kappa shape index (κ3) is 2.03. The Labute approximate surface area is 83.1 Å². The third-order valence-electron chi connectivity index (χ3n) is 2.35. The van der Waals surface area contributed by atoms with Crippen molar-refractivity contribution in [2.45, 2.75) is 25.0 Å². The van der Waals surface area contributed by atoms with Crippen molar-refractivity contribution in [1.29, 1.82) is 0 Å². The number of hydrogen-bond acceptors (Lipinski definition) is 4. The highest BCUT2D eigenvalue weighted by molar-refractivity contribution is 7.93. The Balaban J connectivity index is 3.05. The highest BCUT2D eigenvalue weighted by atomic mass is 32.2. The second-order valence-corrected chi connectivity index (χ2v) is 4.88. The van der Waals surface area contributed by atoms with Crippen molar-refractivity contribution in [3.63, 3.8) is 0 Å². The molecule has 0 aromatic heterocycles. The Kier molecular flexibility index (Phi) is 2.82. The van der Waals surface area contributed by atoms with Gasteiger partial charge in [-0.25, -0.2) is 13.6 Å². The first-order valence-electron chi connectivity index (χ1n) is 4.21. The van der Waals surface area contributed by atoms with Gasteiger partial charge >= 0.3 is 0 Å². The fourth-order valence-corrected chi connectivity index (χ4v) is 1.85. The van der Waals surface area contributed by atoms with Crippen molar-refractivity contribution in [2.24, 2.45) is 10.9 Å². The van der Waals surface area contributed by atoms with Crippen molar-refractivity contribution >= 4 is 10.0 Å². The quantitative estimate of drug-likeness (QED) is 0.564. The Morgan fingerprint density at radius 1 is 1.64 bits per heavy atom. The number of aliphatic hydroxyl groups is 1. The van der Waals surface area contributed by atoms with E-state index in [2.05, 4.69) is 0 Å². The lowest BCUT2D eigenvalue weighted by atomic mass is 9.88. The average Bonchev–Trinajstić information content (AvgIpc) is 2.08. The molecule has 0 heterocycles. The molecule has 0 saturated heterocycles. The van der Waals surface area contributed by atoms with Crippen molar-refractivity contribution in [3.05, 3.63) is 23.1 Å². The van der Waals surface area contributed by atoms with Gasteiger partial charge in [0.15, 0.2) is 0 Å². The van der Waals surface area contributed by atoms with Gasteiger partial charge in [0, 0.05) is 0 Å². The Morgan fingerprint density at radius 3 is 2.57 bits per heavy atom. The Bertz CT molecular complexity index is 385. The highest BCUT2D eigenvalue weighted by Gasteiger charge is 2.32. The monoisotopic (exact) mass is 218 g/mol. The molecule has 14 heavy (non-hydrogen) atoms. The van der Waals surface area contributed by atoms with Crippen LogP contribution in [0.25, 0.3) is 0 Å². The van der Waals surface area contributed by atoms with Crippen molar-refractivity contribution in [2.75, 3.05) is 0 Å². The molecule has 1 aliphatic carbocycles. The van der Waals surface area contributed by atoms with Crippen LogP contribution in [0.3, 0.4) is 0 Å². The van der Waals surface area contributed by atoms with E-state index in [1.807, 2.05) is 0 Å². The Hall–Kier alpha value is -0.690. The van der Waals surface area contributed by atoms with E-state index in [-0.39, 0.29) is 4.91 Å². The van der Waals surface area contributed by atoms with Crippen LogP contribution >= 0.6 is 0 Å². The normalized spacial score (nSPS) is 32.9. The second kappa shape index (κ2) is 3.47. The molecule has 0 fully saturated rings. The number of allylic oxidation sites excluding steroid dienone is 1. The van der Waals surface area contributed by atoms with Crippen molar-refractivity contribution in [3.8, 4) is 0 Å². The zero-order chi connectivity index (χ0) is 11.0. The van der Waals surface area contributed by atoms with Gasteiger partial charge in [-0.15, -0.1) is 0 Å². The largest absolute Gasteiger partial charge is 0.384 e. The summed E-state index contributed by atoms with van der Waals surface area (Å²) >= 11 is 0. The van der Waals surface area contributed by atoms with E-state index >= 15 is 0 Å². The van der Waals surface area contributed by atoms with E-state index in [0.29, 0.717) is 6.42 Å². The molecule has 0 amide bonds. The van der Waals surface area contributed by atoms with Crippen LogP contribution in [0.5, 0.6) is 0 Å². The molecule has 6 heteroatoms. The maximum atomic E-state index is 11.0. The molecule has 2 atom stereocenters. The van der Waals surface area contributed by atoms with E-state index in [1.54, 1.807) is 6.92 Å². The van der Waals surface area contributed by atoms with Gasteiger partial charge in [-0.05, 0) is 24.6 Å². The second-order valence-electron chi connectivity index (χ2n) is 3.32. The summed E-state index contributed by atoms with van der Waals surface area (Å²) in [6, 6.07) is -0.745. The molecule has 80 valence electrons. The lowest BCUT2D eigenvalue weighted by Gasteiger charge is -2.30. The molecule has 0 aromatic carbocycles. The predicted molar refractivity (Wildman–Crippen MR) is 53.5 cm³/mol. The highest BCUT2D eigenvalue weighted by Crippen LogP contribution is 2.24. The molecular formula is C8H14N2O3S. The first kappa shape index (κ1) is 11.4. The summed E-state index contributed by atoms with van der Waals surface area (Å²) in [5.74, 6) is 0. The molecule has 2 unspecified atom stereocenters. The lowest BCUT2D eigenvalue weighted by molar-refractivity contribution is 0.0721. The minimum absolute atomic E-state index is 0.0527.